The van der Waals surface area contributed by atoms with Crippen LogP contribution >= 0.6 is 23.2 Å². The van der Waals surface area contributed by atoms with Gasteiger partial charge in [0.25, 0.3) is 0 Å². The number of benzene rings is 4. The third-order valence-electron chi connectivity index (χ3n) is 11.5. The number of halogens is 10. The number of alkyl halides is 8. The van der Waals surface area contributed by atoms with Gasteiger partial charge in [-0.3, -0.25) is 9.59 Å². The molecule has 8 rings (SSSR count). The van der Waals surface area contributed by atoms with E-state index in [0.29, 0.717) is 26.8 Å². The molecule has 2 aromatic heterocycles. The van der Waals surface area contributed by atoms with Crippen molar-refractivity contribution in [2.24, 2.45) is 5.73 Å². The molecule has 16 nitrogen and oxygen atoms in total. The van der Waals surface area contributed by atoms with Gasteiger partial charge in [-0.15, -0.1) is 0 Å². The van der Waals surface area contributed by atoms with Crippen LogP contribution in [0.5, 0.6) is 0 Å². The second-order valence-electron chi connectivity index (χ2n) is 16.4. The minimum absolute atomic E-state index is 0.0341. The Morgan fingerprint density at radius 2 is 1.01 bits per heavy atom. The van der Waals surface area contributed by atoms with Crippen molar-refractivity contribution in [3.63, 3.8) is 0 Å². The van der Waals surface area contributed by atoms with E-state index in [1.807, 2.05) is 0 Å². The van der Waals surface area contributed by atoms with Crippen LogP contribution in [0.1, 0.15) is 41.5 Å². The Hall–Kier alpha value is -6.78. The highest BCUT2D eigenvalue weighted by Crippen LogP contribution is 2.34. The highest BCUT2D eigenvalue weighted by molar-refractivity contribution is 7.89. The molecule has 0 bridgehead atoms. The molecule has 3 N–H and O–H groups in total. The number of aliphatic carboxylic acids is 1. The van der Waals surface area contributed by atoms with Crippen LogP contribution in [0.3, 0.4) is 0 Å². The molecule has 0 aliphatic carbocycles. The summed E-state index contributed by atoms with van der Waals surface area (Å²) in [5.41, 5.74) is 6.30. The number of aromatic nitrogens is 4. The zero-order valence-corrected chi connectivity index (χ0v) is 41.4. The summed E-state index contributed by atoms with van der Waals surface area (Å²) in [7, 11) is -8.26. The van der Waals surface area contributed by atoms with Gasteiger partial charge >= 0.3 is 18.3 Å². The van der Waals surface area contributed by atoms with E-state index < -0.39 is 92.8 Å². The number of carboxylic acids is 1. The molecule has 75 heavy (non-hydrogen) atoms. The van der Waals surface area contributed by atoms with Crippen LogP contribution in [-0.4, -0.2) is 99.4 Å². The van der Waals surface area contributed by atoms with Crippen molar-refractivity contribution in [3.8, 4) is 11.4 Å². The molecule has 2 aliphatic rings. The lowest BCUT2D eigenvalue weighted by Crippen LogP contribution is -2.40. The van der Waals surface area contributed by atoms with Crippen molar-refractivity contribution < 1.29 is 66.7 Å². The Balaban J connectivity index is 0.000000202. The standard InChI is InChI=1S/C24H19ClF4N4O3S.C12H11FN2O4S.C11H9ClF3N3/c1-30-18-5-9-20(10-6-18)37(35,36)33-14-17(26)12-21(33)22(34)11-2-15-13-32(31-23(15)25)19-7-3-16(4-8-19)24(27,28)29;1-14-9-2-4-10(5-3-9)20(18,19)15-7-8(13)6-11(15)12(16)17;12-10-7(5-16)6-18(17-10)9-3-1-8(2-4-9)11(13,14)15/h3-10,13,17,21H,2,11-12,14H2;2-5,8,11H,6-7H2,(H,16,17);1-4,6H,5,16H2/t17-,21+;8-,11+;/m11./s1. The Morgan fingerprint density at radius 1 is 0.640 bits per heavy atom. The summed E-state index contributed by atoms with van der Waals surface area (Å²) in [5, 5.41) is 17.3. The maximum Gasteiger partial charge on any atom is 0.416 e. The Labute approximate surface area is 433 Å². The minimum Gasteiger partial charge on any atom is -0.480 e. The van der Waals surface area contributed by atoms with E-state index in [4.69, 9.17) is 47.2 Å². The molecule has 4 aromatic carbocycles. The second kappa shape index (κ2) is 23.4. The average molecular weight is 1130 g/mol. The monoisotopic (exact) mass is 1130 g/mol. The molecular formula is C47H39Cl2F8N9O7S2. The lowest BCUT2D eigenvalue weighted by atomic mass is 10.0. The van der Waals surface area contributed by atoms with Gasteiger partial charge in [0.15, 0.2) is 27.5 Å². The summed E-state index contributed by atoms with van der Waals surface area (Å²) in [6.07, 6.45) is -9.49. The van der Waals surface area contributed by atoms with Crippen molar-refractivity contribution in [1.82, 2.24) is 28.2 Å². The Bertz CT molecular complexity index is 3330. The number of hydrogen-bond donors (Lipinski definition) is 2. The topological polar surface area (TPSA) is 200 Å². The van der Waals surface area contributed by atoms with Crippen molar-refractivity contribution in [2.75, 3.05) is 13.1 Å². The molecule has 2 fully saturated rings. The predicted octanol–water partition coefficient (Wildman–Crippen LogP) is 9.82. The number of Topliss-reactive ketones (excluding diaryl/α,β-unsaturated/α-hetero) is 1. The second-order valence-corrected chi connectivity index (χ2v) is 20.9. The molecule has 0 saturated carbocycles. The lowest BCUT2D eigenvalue weighted by molar-refractivity contribution is -0.141. The molecule has 2 saturated heterocycles. The number of aryl methyl sites for hydroxylation is 1. The van der Waals surface area contributed by atoms with Gasteiger partial charge in [-0.2, -0.15) is 45.2 Å². The number of carbonyl (C=O) groups excluding carboxylic acids is 1. The van der Waals surface area contributed by atoms with Gasteiger partial charge in [-0.05, 0) is 55.0 Å². The van der Waals surface area contributed by atoms with E-state index in [-0.39, 0.29) is 63.7 Å². The number of ketones is 1. The first-order chi connectivity index (χ1) is 35.2. The van der Waals surface area contributed by atoms with Crippen LogP contribution < -0.4 is 5.73 Å². The molecule has 0 spiro atoms. The molecule has 4 heterocycles. The molecule has 6 aromatic rings. The third-order valence-corrected chi connectivity index (χ3v) is 15.9. The first-order valence-electron chi connectivity index (χ1n) is 21.7. The van der Waals surface area contributed by atoms with Gasteiger partial charge in [-0.25, -0.2) is 44.7 Å². The first-order valence-corrected chi connectivity index (χ1v) is 25.4. The number of nitrogens with two attached hydrogens (primary N) is 1. The summed E-state index contributed by atoms with van der Waals surface area (Å²) in [6, 6.07) is 16.5. The Kier molecular flexibility index (Phi) is 17.9. The SMILES string of the molecule is NCc1cn(-c2ccc(C(F)(F)F)cc2)nc1Cl.[C-]#[N+]c1ccc(S(=O)(=O)N2C[C@H](F)C[C@H]2C(=O)CCc2cn(-c3ccc(C(F)(F)F)cc3)nc2Cl)cc1.[C-]#[N+]c1ccc(S(=O)(=O)N2C[C@H](F)C[C@H]2C(=O)O)cc1. The van der Waals surface area contributed by atoms with Gasteiger partial charge in [0.1, 0.15) is 18.4 Å². The van der Waals surface area contributed by atoms with Gasteiger partial charge in [0, 0.05) is 62.4 Å². The summed E-state index contributed by atoms with van der Waals surface area (Å²) in [4.78, 5) is 30.1. The molecule has 0 radical (unpaired) electrons. The van der Waals surface area contributed by atoms with Crippen molar-refractivity contribution in [1.29, 1.82) is 0 Å². The fraction of sp³-hybridized carbons (Fsp3) is 0.277. The molecule has 396 valence electrons. The number of carboxylic acid groups (broad SMARTS) is 1. The van der Waals surface area contributed by atoms with Crippen LogP contribution in [0.15, 0.2) is 119 Å². The van der Waals surface area contributed by atoms with E-state index in [0.717, 1.165) is 28.6 Å². The van der Waals surface area contributed by atoms with Crippen LogP contribution in [-0.2, 0) is 55.0 Å². The fourth-order valence-corrected chi connectivity index (χ4v) is 11.3. The largest absolute Gasteiger partial charge is 0.480 e. The van der Waals surface area contributed by atoms with Gasteiger partial charge in [0.05, 0.1) is 51.5 Å². The minimum atomic E-state index is -4.48. The number of hydrogen-bond acceptors (Lipinski definition) is 9. The van der Waals surface area contributed by atoms with Gasteiger partial charge in [-0.1, -0.05) is 71.7 Å². The zero-order valence-electron chi connectivity index (χ0n) is 38.3. The van der Waals surface area contributed by atoms with E-state index in [2.05, 4.69) is 19.9 Å². The highest BCUT2D eigenvalue weighted by Gasteiger charge is 2.45. The summed E-state index contributed by atoms with van der Waals surface area (Å²) in [5.74, 6) is -1.87. The van der Waals surface area contributed by atoms with E-state index >= 15 is 0 Å². The van der Waals surface area contributed by atoms with E-state index in [1.165, 1.54) is 88.4 Å². The van der Waals surface area contributed by atoms with Crippen molar-refractivity contribution in [3.05, 3.63) is 165 Å². The average Bonchev–Trinajstić information content (AvgIpc) is 4.18. The van der Waals surface area contributed by atoms with Crippen molar-refractivity contribution >= 4 is 66.4 Å². The Morgan fingerprint density at radius 3 is 1.37 bits per heavy atom. The molecule has 2 aliphatic heterocycles. The van der Waals surface area contributed by atoms with Crippen LogP contribution in [0.2, 0.25) is 10.3 Å². The smallest absolute Gasteiger partial charge is 0.416 e. The molecule has 4 atom stereocenters. The lowest BCUT2D eigenvalue weighted by Gasteiger charge is -2.22. The van der Waals surface area contributed by atoms with Crippen LogP contribution in [0.4, 0.5) is 46.5 Å². The zero-order chi connectivity index (χ0) is 55.2. The van der Waals surface area contributed by atoms with E-state index in [9.17, 15) is 61.5 Å². The third kappa shape index (κ3) is 13.7. The molecular weight excluding hydrogens is 1090 g/mol. The van der Waals surface area contributed by atoms with Gasteiger partial charge in [0.2, 0.25) is 20.0 Å². The van der Waals surface area contributed by atoms with Crippen LogP contribution in [0, 0.1) is 13.1 Å². The number of sulfonamides is 2. The van der Waals surface area contributed by atoms with Crippen molar-refractivity contribution in [2.45, 2.75) is 78.8 Å². The first kappa shape index (κ1) is 57.5. The van der Waals surface area contributed by atoms with E-state index in [1.54, 1.807) is 6.20 Å². The number of carbonyl (C=O) groups is 2. The maximum absolute atomic E-state index is 14.3. The molecule has 0 unspecified atom stereocenters. The molecule has 28 heteroatoms. The maximum atomic E-state index is 14.3. The highest BCUT2D eigenvalue weighted by atomic mass is 35.5. The summed E-state index contributed by atoms with van der Waals surface area (Å²) >= 11 is 12.0. The normalized spacial score (nSPS) is 18.3. The van der Waals surface area contributed by atoms with Gasteiger partial charge < -0.3 is 10.8 Å². The predicted molar refractivity (Wildman–Crippen MR) is 256 cm³/mol. The number of nitrogens with zero attached hydrogens (tertiary/aromatic N) is 8. The molecule has 0 amide bonds. The summed E-state index contributed by atoms with van der Waals surface area (Å²) in [6.45, 7) is 13.1. The quantitative estimate of drug-likeness (QED) is 0.0878. The summed E-state index contributed by atoms with van der Waals surface area (Å²) < 4.78 is 158. The van der Waals surface area contributed by atoms with Crippen LogP contribution in [0.25, 0.3) is 21.1 Å². The number of rotatable bonds is 12. The fourth-order valence-electron chi connectivity index (χ4n) is 7.59.